The van der Waals surface area contributed by atoms with Crippen molar-refractivity contribution in [2.75, 3.05) is 18.8 Å². The molecule has 12 nitrogen and oxygen atoms in total. The minimum atomic E-state index is -0.589. The van der Waals surface area contributed by atoms with Gasteiger partial charge in [0.2, 0.25) is 11.6 Å². The topological polar surface area (TPSA) is 161 Å². The number of anilines is 1. The van der Waals surface area contributed by atoms with E-state index in [0.29, 0.717) is 22.8 Å². The normalized spacial score (nSPS) is 14.6. The van der Waals surface area contributed by atoms with Crippen LogP contribution >= 0.6 is 11.6 Å². The maximum atomic E-state index is 12.9. The van der Waals surface area contributed by atoms with Crippen LogP contribution in [0.5, 0.6) is 5.75 Å². The largest absolute Gasteiger partial charge is 0.507 e. The SMILES string of the molecule is Nc1nonc1-n1nnc(CN2CCCC2)c1C(=O)N/N=C\c1cc(Cl)ccc1O. The predicted molar refractivity (Wildman–Crippen MR) is 106 cm³/mol. The third kappa shape index (κ3) is 4.09. The number of carbonyl (C=O) groups excluding carboxylic acids is 1. The van der Waals surface area contributed by atoms with Crippen molar-refractivity contribution in [2.45, 2.75) is 19.4 Å². The number of hydrazone groups is 1. The molecule has 0 unspecified atom stereocenters. The summed E-state index contributed by atoms with van der Waals surface area (Å²) < 4.78 is 5.78. The smallest absolute Gasteiger partial charge is 0.292 e. The molecule has 1 amide bonds. The molecule has 1 aliphatic rings. The van der Waals surface area contributed by atoms with E-state index in [9.17, 15) is 9.90 Å². The molecule has 13 heteroatoms. The number of amides is 1. The number of phenols is 1. The molecule has 1 aliphatic heterocycles. The first-order valence-electron chi connectivity index (χ1n) is 9.10. The second kappa shape index (κ2) is 8.47. The molecule has 0 radical (unpaired) electrons. The van der Waals surface area contributed by atoms with Crippen molar-refractivity contribution in [3.05, 3.63) is 40.2 Å². The zero-order valence-electron chi connectivity index (χ0n) is 15.7. The fourth-order valence-electron chi connectivity index (χ4n) is 3.13. The van der Waals surface area contributed by atoms with Gasteiger partial charge in [-0.3, -0.25) is 9.69 Å². The highest BCUT2D eigenvalue weighted by molar-refractivity contribution is 6.30. The van der Waals surface area contributed by atoms with E-state index in [0.717, 1.165) is 25.9 Å². The molecule has 0 bridgehead atoms. The van der Waals surface area contributed by atoms with Crippen LogP contribution < -0.4 is 11.2 Å². The van der Waals surface area contributed by atoms with E-state index in [4.69, 9.17) is 17.3 Å². The number of nitrogens with zero attached hydrogens (tertiary/aromatic N) is 7. The summed E-state index contributed by atoms with van der Waals surface area (Å²) in [6, 6.07) is 4.48. The second-order valence-electron chi connectivity index (χ2n) is 6.66. The van der Waals surface area contributed by atoms with Crippen molar-refractivity contribution in [1.82, 2.24) is 35.6 Å². The molecule has 3 heterocycles. The molecule has 30 heavy (non-hydrogen) atoms. The van der Waals surface area contributed by atoms with E-state index < -0.39 is 5.91 Å². The zero-order chi connectivity index (χ0) is 21.1. The molecule has 1 fully saturated rings. The van der Waals surface area contributed by atoms with Gasteiger partial charge >= 0.3 is 0 Å². The molecular weight excluding hydrogens is 414 g/mol. The number of rotatable bonds is 6. The fraction of sp³-hybridized carbons (Fsp3) is 0.294. The van der Waals surface area contributed by atoms with Crippen LogP contribution in [0.4, 0.5) is 5.82 Å². The average molecular weight is 432 g/mol. The molecule has 0 spiro atoms. The summed E-state index contributed by atoms with van der Waals surface area (Å²) in [7, 11) is 0. The molecular formula is C17H18ClN9O3. The van der Waals surface area contributed by atoms with Crippen LogP contribution in [-0.2, 0) is 6.54 Å². The Morgan fingerprint density at radius 3 is 2.90 bits per heavy atom. The van der Waals surface area contributed by atoms with E-state index in [2.05, 4.69) is 40.7 Å². The van der Waals surface area contributed by atoms with Crippen LogP contribution in [0, 0.1) is 0 Å². The Bertz CT molecular complexity index is 1090. The molecule has 0 atom stereocenters. The summed E-state index contributed by atoms with van der Waals surface area (Å²) in [5.41, 5.74) is 9.05. The van der Waals surface area contributed by atoms with Crippen LogP contribution in [0.15, 0.2) is 27.9 Å². The van der Waals surface area contributed by atoms with Gasteiger partial charge in [-0.15, -0.1) is 5.10 Å². The standard InChI is InChI=1S/C17H18ClN9O3/c18-11-3-4-13(28)10(7-11)8-20-22-17(29)14-12(9-26-5-1-2-6-26)21-25-27(14)16-15(19)23-30-24-16/h3-4,7-8,28H,1-2,5-6,9H2,(H2,19,23)(H,22,29)/b20-8-. The number of nitrogens with one attached hydrogen (secondary N) is 1. The summed E-state index contributed by atoms with van der Waals surface area (Å²) >= 11 is 5.92. The van der Waals surface area contributed by atoms with E-state index in [1.54, 1.807) is 0 Å². The number of hydrogen-bond acceptors (Lipinski definition) is 10. The Morgan fingerprint density at radius 1 is 1.37 bits per heavy atom. The highest BCUT2D eigenvalue weighted by atomic mass is 35.5. The van der Waals surface area contributed by atoms with Gasteiger partial charge in [0.1, 0.15) is 11.4 Å². The summed E-state index contributed by atoms with van der Waals surface area (Å²) in [4.78, 5) is 15.1. The van der Waals surface area contributed by atoms with Gasteiger partial charge in [-0.2, -0.15) is 9.78 Å². The summed E-state index contributed by atoms with van der Waals surface area (Å²) in [5.74, 6) is -0.597. The highest BCUT2D eigenvalue weighted by Gasteiger charge is 2.26. The van der Waals surface area contributed by atoms with Crippen LogP contribution in [0.2, 0.25) is 5.02 Å². The third-order valence-corrected chi connectivity index (χ3v) is 4.82. The van der Waals surface area contributed by atoms with Gasteiger partial charge < -0.3 is 10.8 Å². The van der Waals surface area contributed by atoms with Gasteiger partial charge in [-0.05, 0) is 54.4 Å². The van der Waals surface area contributed by atoms with Gasteiger partial charge in [-0.1, -0.05) is 16.8 Å². The van der Waals surface area contributed by atoms with Gasteiger partial charge in [0.05, 0.1) is 6.21 Å². The lowest BCUT2D eigenvalue weighted by molar-refractivity contribution is 0.0945. The number of carbonyl (C=O) groups is 1. The van der Waals surface area contributed by atoms with E-state index >= 15 is 0 Å². The van der Waals surface area contributed by atoms with Gasteiger partial charge in [0.15, 0.2) is 5.69 Å². The lowest BCUT2D eigenvalue weighted by Gasteiger charge is -2.13. The second-order valence-corrected chi connectivity index (χ2v) is 7.09. The number of benzene rings is 1. The number of phenolic OH excluding ortho intramolecular Hbond substituents is 1. The number of likely N-dealkylation sites (tertiary alicyclic amines) is 1. The van der Waals surface area contributed by atoms with Crippen molar-refractivity contribution in [1.29, 1.82) is 0 Å². The number of nitrogen functional groups attached to an aromatic ring is 1. The summed E-state index contributed by atoms with van der Waals surface area (Å²) in [6.07, 6.45) is 3.45. The van der Waals surface area contributed by atoms with Crippen molar-refractivity contribution >= 4 is 29.5 Å². The van der Waals surface area contributed by atoms with Crippen molar-refractivity contribution in [2.24, 2.45) is 5.10 Å². The molecule has 156 valence electrons. The quantitative estimate of drug-likeness (QED) is 0.381. The van der Waals surface area contributed by atoms with Gasteiger partial charge in [-0.25, -0.2) is 10.1 Å². The first-order valence-corrected chi connectivity index (χ1v) is 9.48. The maximum Gasteiger partial charge on any atom is 0.292 e. The average Bonchev–Trinajstić information content (AvgIpc) is 3.46. The Morgan fingerprint density at radius 2 is 2.17 bits per heavy atom. The van der Waals surface area contributed by atoms with Crippen molar-refractivity contribution in [3.63, 3.8) is 0 Å². The predicted octanol–water partition coefficient (Wildman–Crippen LogP) is 0.951. The zero-order valence-corrected chi connectivity index (χ0v) is 16.5. The van der Waals surface area contributed by atoms with Gasteiger partial charge in [0, 0.05) is 17.1 Å². The minimum absolute atomic E-state index is 0.0275. The molecule has 4 rings (SSSR count). The van der Waals surface area contributed by atoms with Crippen LogP contribution in [0.1, 0.15) is 34.6 Å². The first kappa shape index (κ1) is 19.8. The van der Waals surface area contributed by atoms with Gasteiger partial charge in [0.25, 0.3) is 5.91 Å². The van der Waals surface area contributed by atoms with Crippen molar-refractivity contribution < 1.29 is 14.5 Å². The molecule has 3 aromatic rings. The van der Waals surface area contributed by atoms with E-state index in [1.807, 2.05) is 0 Å². The lowest BCUT2D eigenvalue weighted by Crippen LogP contribution is -2.26. The number of nitrogens with two attached hydrogens (primary N) is 1. The number of aromatic hydroxyl groups is 1. The summed E-state index contributed by atoms with van der Waals surface area (Å²) in [6.45, 7) is 2.26. The number of aromatic nitrogens is 5. The fourth-order valence-corrected chi connectivity index (χ4v) is 3.31. The third-order valence-electron chi connectivity index (χ3n) is 4.58. The van der Waals surface area contributed by atoms with Crippen LogP contribution in [-0.4, -0.2) is 60.5 Å². The van der Waals surface area contributed by atoms with Crippen LogP contribution in [0.25, 0.3) is 5.82 Å². The van der Waals surface area contributed by atoms with Crippen molar-refractivity contribution in [3.8, 4) is 11.6 Å². The Balaban J connectivity index is 1.60. The van der Waals surface area contributed by atoms with E-state index in [1.165, 1.54) is 29.1 Å². The maximum absolute atomic E-state index is 12.9. The van der Waals surface area contributed by atoms with E-state index in [-0.39, 0.29) is 23.1 Å². The number of halogens is 1. The Hall–Kier alpha value is -3.51. The summed E-state index contributed by atoms with van der Waals surface area (Å²) in [5, 5.41) is 29.5. The molecule has 1 aromatic carbocycles. The molecule has 0 saturated carbocycles. The number of hydrogen-bond donors (Lipinski definition) is 3. The monoisotopic (exact) mass is 431 g/mol. The highest BCUT2D eigenvalue weighted by Crippen LogP contribution is 2.20. The van der Waals surface area contributed by atoms with Crippen LogP contribution in [0.3, 0.4) is 0 Å². The molecule has 1 saturated heterocycles. The molecule has 2 aromatic heterocycles. The Kier molecular flexibility index (Phi) is 5.59. The first-order chi connectivity index (χ1) is 14.5. The Labute approximate surface area is 175 Å². The minimum Gasteiger partial charge on any atom is -0.507 e. The molecule has 4 N–H and O–H groups in total. The molecule has 0 aliphatic carbocycles. The lowest BCUT2D eigenvalue weighted by atomic mass is 10.2.